The van der Waals surface area contributed by atoms with Crippen molar-refractivity contribution in [1.82, 2.24) is 4.90 Å². The van der Waals surface area contributed by atoms with Gasteiger partial charge in [-0.05, 0) is 37.1 Å². The molecule has 1 aromatic rings. The third-order valence-electron chi connectivity index (χ3n) is 3.44. The van der Waals surface area contributed by atoms with Gasteiger partial charge >= 0.3 is 0 Å². The monoisotopic (exact) mass is 347 g/mol. The SMILES string of the molecule is C=C=C1/C(=C/c2cc(C)ccc2F)CCC(=S)N1CC=C.CC.O. The summed E-state index contributed by atoms with van der Waals surface area (Å²) in [7, 11) is 0. The lowest BCUT2D eigenvalue weighted by Crippen LogP contribution is -2.33. The van der Waals surface area contributed by atoms with E-state index in [1.165, 1.54) is 6.07 Å². The van der Waals surface area contributed by atoms with E-state index in [0.29, 0.717) is 12.1 Å². The highest BCUT2D eigenvalue weighted by Crippen LogP contribution is 2.29. The number of hydrogen-bond acceptors (Lipinski definition) is 1. The fourth-order valence-corrected chi connectivity index (χ4v) is 2.69. The van der Waals surface area contributed by atoms with Crippen molar-refractivity contribution in [2.45, 2.75) is 33.6 Å². The Bertz CT molecular complexity index is 672. The summed E-state index contributed by atoms with van der Waals surface area (Å²) in [4.78, 5) is 2.81. The van der Waals surface area contributed by atoms with Crippen molar-refractivity contribution < 1.29 is 9.87 Å². The van der Waals surface area contributed by atoms with Crippen LogP contribution in [0.15, 0.2) is 54.4 Å². The first-order chi connectivity index (χ1) is 11.1. The molecule has 0 bridgehead atoms. The number of aryl methyl sites for hydroxylation is 1. The third-order valence-corrected chi connectivity index (χ3v) is 3.87. The topological polar surface area (TPSA) is 34.7 Å². The van der Waals surface area contributed by atoms with Gasteiger partial charge in [-0.1, -0.05) is 50.4 Å². The van der Waals surface area contributed by atoms with E-state index in [1.807, 2.05) is 37.8 Å². The van der Waals surface area contributed by atoms with Gasteiger partial charge in [0.2, 0.25) is 0 Å². The Labute approximate surface area is 150 Å². The van der Waals surface area contributed by atoms with E-state index in [-0.39, 0.29) is 11.3 Å². The lowest BCUT2D eigenvalue weighted by Gasteiger charge is -2.31. The summed E-state index contributed by atoms with van der Waals surface area (Å²) in [5, 5.41) is 0. The zero-order chi connectivity index (χ0) is 17.4. The largest absolute Gasteiger partial charge is 0.412 e. The predicted octanol–water partition coefficient (Wildman–Crippen LogP) is 5.00. The molecule has 0 amide bonds. The van der Waals surface area contributed by atoms with E-state index in [0.717, 1.165) is 34.7 Å². The van der Waals surface area contributed by atoms with Crippen LogP contribution in [0.4, 0.5) is 4.39 Å². The number of piperidine rings is 1. The van der Waals surface area contributed by atoms with Crippen LogP contribution in [0.5, 0.6) is 0 Å². The van der Waals surface area contributed by atoms with E-state index in [4.69, 9.17) is 12.2 Å². The van der Waals surface area contributed by atoms with Crippen molar-refractivity contribution in [3.05, 3.63) is 71.4 Å². The molecule has 1 heterocycles. The van der Waals surface area contributed by atoms with Crippen LogP contribution in [0.2, 0.25) is 0 Å². The molecule has 0 radical (unpaired) electrons. The second-order valence-corrected chi connectivity index (χ2v) is 5.48. The number of likely N-dealkylation sites (tertiary alicyclic amines) is 1. The molecule has 24 heavy (non-hydrogen) atoms. The van der Waals surface area contributed by atoms with Crippen molar-refractivity contribution in [2.24, 2.45) is 0 Å². The maximum atomic E-state index is 13.9. The van der Waals surface area contributed by atoms with Crippen LogP contribution in [0.1, 0.15) is 37.8 Å². The highest BCUT2D eigenvalue weighted by molar-refractivity contribution is 7.80. The first kappa shape index (κ1) is 22.0. The molecule has 1 fully saturated rings. The Morgan fingerprint density at radius 2 is 2.00 bits per heavy atom. The molecule has 130 valence electrons. The zero-order valence-corrected chi connectivity index (χ0v) is 15.5. The van der Waals surface area contributed by atoms with Gasteiger partial charge in [0.25, 0.3) is 0 Å². The van der Waals surface area contributed by atoms with E-state index in [9.17, 15) is 4.39 Å². The Hall–Kier alpha value is -2.00. The Morgan fingerprint density at radius 3 is 2.58 bits per heavy atom. The Morgan fingerprint density at radius 1 is 1.33 bits per heavy atom. The van der Waals surface area contributed by atoms with Crippen molar-refractivity contribution >= 4 is 23.3 Å². The minimum absolute atomic E-state index is 0. The second-order valence-electron chi connectivity index (χ2n) is 5.01. The molecule has 2 rings (SSSR count). The van der Waals surface area contributed by atoms with Crippen molar-refractivity contribution in [2.75, 3.05) is 6.54 Å². The van der Waals surface area contributed by atoms with Crippen LogP contribution in [0, 0.1) is 12.7 Å². The van der Waals surface area contributed by atoms with Crippen molar-refractivity contribution in [3.8, 4) is 0 Å². The van der Waals surface area contributed by atoms with Crippen LogP contribution in [0.3, 0.4) is 0 Å². The highest BCUT2D eigenvalue weighted by Gasteiger charge is 2.23. The molecule has 0 aromatic heterocycles. The molecule has 0 atom stereocenters. The first-order valence-corrected chi connectivity index (χ1v) is 8.26. The molecular weight excluding hydrogens is 321 g/mol. The van der Waals surface area contributed by atoms with Crippen LogP contribution in [0.25, 0.3) is 6.08 Å². The summed E-state index contributed by atoms with van der Waals surface area (Å²) in [5.74, 6) is -0.222. The summed E-state index contributed by atoms with van der Waals surface area (Å²) in [6, 6.07) is 5.10. The summed E-state index contributed by atoms with van der Waals surface area (Å²) < 4.78 is 13.9. The van der Waals surface area contributed by atoms with Crippen LogP contribution in [-0.2, 0) is 0 Å². The molecule has 0 spiro atoms. The number of nitrogens with zero attached hydrogens (tertiary/aromatic N) is 1. The van der Waals surface area contributed by atoms with E-state index in [1.54, 1.807) is 12.1 Å². The molecule has 0 unspecified atom stereocenters. The minimum Gasteiger partial charge on any atom is -0.412 e. The van der Waals surface area contributed by atoms with Crippen molar-refractivity contribution in [3.63, 3.8) is 0 Å². The number of rotatable bonds is 3. The van der Waals surface area contributed by atoms with Gasteiger partial charge in [0.05, 0.1) is 10.7 Å². The van der Waals surface area contributed by atoms with Gasteiger partial charge in [-0.2, -0.15) is 0 Å². The second kappa shape index (κ2) is 10.7. The van der Waals surface area contributed by atoms with Crippen LogP contribution in [-0.4, -0.2) is 21.9 Å². The van der Waals surface area contributed by atoms with Crippen molar-refractivity contribution in [1.29, 1.82) is 0 Å². The molecule has 0 aliphatic carbocycles. The number of benzene rings is 1. The Balaban J connectivity index is 0.00000170. The smallest absolute Gasteiger partial charge is 0.130 e. The summed E-state index contributed by atoms with van der Waals surface area (Å²) in [6.07, 6.45) is 5.21. The molecular formula is C20H26FNOS. The van der Waals surface area contributed by atoms with E-state index < -0.39 is 0 Å². The quantitative estimate of drug-likeness (QED) is 0.438. The molecule has 1 aliphatic heterocycles. The van der Waals surface area contributed by atoms with Gasteiger partial charge < -0.3 is 10.4 Å². The summed E-state index contributed by atoms with van der Waals surface area (Å²) >= 11 is 5.39. The minimum atomic E-state index is -0.222. The highest BCUT2D eigenvalue weighted by atomic mass is 32.1. The van der Waals surface area contributed by atoms with Gasteiger partial charge in [0.15, 0.2) is 0 Å². The fraction of sp³-hybridized carbons (Fsp3) is 0.300. The Kier molecular flexibility index (Phi) is 9.82. The van der Waals surface area contributed by atoms with Gasteiger partial charge in [-0.15, -0.1) is 12.3 Å². The summed E-state index contributed by atoms with van der Waals surface area (Å²) in [6.45, 7) is 14.1. The molecule has 2 N–H and O–H groups in total. The van der Waals surface area contributed by atoms with Crippen LogP contribution >= 0.6 is 12.2 Å². The average Bonchev–Trinajstić information content (AvgIpc) is 2.56. The number of halogens is 1. The maximum Gasteiger partial charge on any atom is 0.130 e. The molecule has 1 aromatic carbocycles. The molecule has 1 saturated heterocycles. The number of hydrogen-bond donors (Lipinski definition) is 0. The standard InChI is InChI=1S/C18H18FNS.C2H6.H2O/c1-4-10-20-17(5-2)14(7-9-18(20)21)12-15-11-13(3)6-8-16(15)19;1-2;/h4,6,8,11-12H,1-2,7,9-10H2,3H3;1-2H3;1H2/b14-12+;;. The third kappa shape index (κ3) is 5.27. The lowest BCUT2D eigenvalue weighted by molar-refractivity contribution is 0.549. The molecule has 2 nitrogen and oxygen atoms in total. The average molecular weight is 347 g/mol. The zero-order valence-electron chi connectivity index (χ0n) is 14.7. The lowest BCUT2D eigenvalue weighted by atomic mass is 9.97. The van der Waals surface area contributed by atoms with Gasteiger partial charge in [-0.25, -0.2) is 4.39 Å². The van der Waals surface area contributed by atoms with E-state index >= 15 is 0 Å². The normalized spacial score (nSPS) is 15.2. The molecule has 1 aliphatic rings. The van der Waals surface area contributed by atoms with Gasteiger partial charge in [0, 0.05) is 18.5 Å². The van der Waals surface area contributed by atoms with Crippen LogP contribution < -0.4 is 0 Å². The number of thiocarbonyl (C=S) groups is 1. The maximum absolute atomic E-state index is 13.9. The van der Waals surface area contributed by atoms with Gasteiger partial charge in [-0.3, -0.25) is 0 Å². The fourth-order valence-electron chi connectivity index (χ4n) is 2.43. The number of allylic oxidation sites excluding steroid dienone is 1. The predicted molar refractivity (Wildman–Crippen MR) is 105 cm³/mol. The first-order valence-electron chi connectivity index (χ1n) is 7.85. The van der Waals surface area contributed by atoms with Gasteiger partial charge in [0.1, 0.15) is 5.82 Å². The summed E-state index contributed by atoms with van der Waals surface area (Å²) in [5.41, 5.74) is 6.39. The van der Waals surface area contributed by atoms with E-state index in [2.05, 4.69) is 18.9 Å². The molecule has 0 saturated carbocycles. The molecule has 4 heteroatoms.